The van der Waals surface area contributed by atoms with Gasteiger partial charge in [0.05, 0.1) is 12.8 Å². The molecule has 4 aliphatic rings. The van der Waals surface area contributed by atoms with Crippen molar-refractivity contribution in [1.82, 2.24) is 0 Å². The number of ether oxygens (including phenoxy) is 2. The zero-order valence-electron chi connectivity index (χ0n) is 21.4. The van der Waals surface area contributed by atoms with Crippen LogP contribution in [0.3, 0.4) is 0 Å². The number of esters is 3. The van der Waals surface area contributed by atoms with Gasteiger partial charge in [0.25, 0.3) is 0 Å². The number of rotatable bonds is 6. The average molecular weight is 543 g/mol. The number of fused-ring (bicyclic) bond motifs is 5. The standard InChI is InChI=1S/C27H34O10.Na.H/c1-14(29)36-22(33)6-7-23(34)37-21-11-16(30)10-15-4-5-17-18-8-9-27(35,20(32)13-28)25(18,2)12-19(31)24(17)26(15,21)3;;/h10,17-18,21,24,28,35H,4-9,11-13H2,1-3H3;;/t17-,18-,21?,24+,25-,26+,27-;;/m0../s1. The van der Waals surface area contributed by atoms with E-state index in [1.807, 2.05) is 6.92 Å². The molecule has 3 saturated carbocycles. The van der Waals surface area contributed by atoms with Crippen LogP contribution in [0.5, 0.6) is 0 Å². The molecular formula is C27H35NaO10. The summed E-state index contributed by atoms with van der Waals surface area (Å²) in [6, 6.07) is 0. The van der Waals surface area contributed by atoms with Crippen LogP contribution >= 0.6 is 0 Å². The Labute approximate surface area is 243 Å². The molecule has 0 amide bonds. The van der Waals surface area contributed by atoms with Gasteiger partial charge in [0.2, 0.25) is 0 Å². The monoisotopic (exact) mass is 542 g/mol. The Morgan fingerprint density at radius 3 is 2.37 bits per heavy atom. The van der Waals surface area contributed by atoms with Crippen LogP contribution in [0.1, 0.15) is 72.1 Å². The fourth-order valence-electron chi connectivity index (χ4n) is 7.79. The van der Waals surface area contributed by atoms with Crippen LogP contribution in [-0.2, 0) is 38.2 Å². The Hall–Kier alpha value is -1.72. The Kier molecular flexibility index (Phi) is 8.95. The van der Waals surface area contributed by atoms with Crippen LogP contribution < -0.4 is 0 Å². The van der Waals surface area contributed by atoms with Crippen molar-refractivity contribution in [2.24, 2.45) is 28.6 Å². The molecule has 38 heavy (non-hydrogen) atoms. The van der Waals surface area contributed by atoms with Crippen LogP contribution in [0.4, 0.5) is 0 Å². The van der Waals surface area contributed by atoms with E-state index in [9.17, 15) is 39.0 Å². The van der Waals surface area contributed by atoms with E-state index in [1.165, 1.54) is 0 Å². The molecule has 11 heteroatoms. The summed E-state index contributed by atoms with van der Waals surface area (Å²) >= 11 is 0. The average Bonchev–Trinajstić information content (AvgIpc) is 3.08. The normalized spacial score (nSPS) is 37.6. The number of hydrogen-bond donors (Lipinski definition) is 2. The van der Waals surface area contributed by atoms with Crippen LogP contribution in [0.15, 0.2) is 11.6 Å². The molecule has 204 valence electrons. The van der Waals surface area contributed by atoms with Crippen LogP contribution in [0.25, 0.3) is 0 Å². The number of aliphatic hydroxyl groups excluding tert-OH is 1. The van der Waals surface area contributed by atoms with Gasteiger partial charge in [-0.1, -0.05) is 19.4 Å². The zero-order valence-corrected chi connectivity index (χ0v) is 21.4. The van der Waals surface area contributed by atoms with Gasteiger partial charge >= 0.3 is 47.5 Å². The van der Waals surface area contributed by atoms with Crippen molar-refractivity contribution in [3.05, 3.63) is 11.6 Å². The van der Waals surface area contributed by atoms with Crippen molar-refractivity contribution in [3.8, 4) is 0 Å². The summed E-state index contributed by atoms with van der Waals surface area (Å²) in [6.07, 6.45) is 1.54. The predicted molar refractivity (Wildman–Crippen MR) is 133 cm³/mol. The Morgan fingerprint density at radius 1 is 1.08 bits per heavy atom. The summed E-state index contributed by atoms with van der Waals surface area (Å²) in [6.45, 7) is 3.87. The Morgan fingerprint density at radius 2 is 1.74 bits per heavy atom. The van der Waals surface area contributed by atoms with Crippen LogP contribution in [0.2, 0.25) is 0 Å². The number of aliphatic hydroxyl groups is 2. The van der Waals surface area contributed by atoms with Gasteiger partial charge in [0.15, 0.2) is 11.6 Å². The first kappa shape index (κ1) is 30.8. The molecule has 0 aliphatic heterocycles. The molecule has 0 aromatic heterocycles. The van der Waals surface area contributed by atoms with Crippen molar-refractivity contribution in [2.75, 3.05) is 6.61 Å². The fourth-order valence-corrected chi connectivity index (χ4v) is 7.79. The Bertz CT molecular complexity index is 1100. The molecular weight excluding hydrogens is 507 g/mol. The summed E-state index contributed by atoms with van der Waals surface area (Å²) in [4.78, 5) is 74.2. The SMILES string of the molecule is CC(=O)OC(=O)CCC(=O)OC1CC(=O)C=C2CC[C@H]3[C@@H]4CC[C@](O)(C(=O)CO)[C@@]4(C)CC(=O)[C@@H]3[C@]21C.[NaH]. The van der Waals surface area contributed by atoms with Gasteiger partial charge < -0.3 is 19.7 Å². The topological polar surface area (TPSA) is 161 Å². The maximum absolute atomic E-state index is 13.8. The molecule has 0 radical (unpaired) electrons. The molecule has 0 bridgehead atoms. The van der Waals surface area contributed by atoms with Gasteiger partial charge in [0.1, 0.15) is 24.1 Å². The molecule has 0 aromatic rings. The second-order valence-corrected chi connectivity index (χ2v) is 11.4. The fraction of sp³-hybridized carbons (Fsp3) is 0.704. The first-order valence-corrected chi connectivity index (χ1v) is 12.8. The van der Waals surface area contributed by atoms with E-state index in [4.69, 9.17) is 4.74 Å². The molecule has 1 unspecified atom stereocenters. The van der Waals surface area contributed by atoms with Crippen molar-refractivity contribution < 1.29 is 48.5 Å². The van der Waals surface area contributed by atoms with E-state index in [1.54, 1.807) is 13.0 Å². The van der Waals surface area contributed by atoms with E-state index in [0.717, 1.165) is 12.5 Å². The van der Waals surface area contributed by atoms with Gasteiger partial charge in [-0.05, 0) is 43.6 Å². The zero-order chi connectivity index (χ0) is 27.3. The summed E-state index contributed by atoms with van der Waals surface area (Å²) in [5.41, 5.74) is -3.01. The third-order valence-corrected chi connectivity index (χ3v) is 9.56. The summed E-state index contributed by atoms with van der Waals surface area (Å²) < 4.78 is 10.2. The second kappa shape index (κ2) is 11.0. The molecule has 0 saturated heterocycles. The molecule has 3 fully saturated rings. The van der Waals surface area contributed by atoms with E-state index in [0.29, 0.717) is 19.3 Å². The molecule has 10 nitrogen and oxygen atoms in total. The molecule has 7 atom stereocenters. The molecule has 2 N–H and O–H groups in total. The molecule has 0 spiro atoms. The molecule has 0 heterocycles. The quantitative estimate of drug-likeness (QED) is 0.278. The molecule has 4 aliphatic carbocycles. The number of carbonyl (C=O) groups is 6. The summed E-state index contributed by atoms with van der Waals surface area (Å²) in [7, 11) is 0. The van der Waals surface area contributed by atoms with Gasteiger partial charge in [-0.15, -0.1) is 0 Å². The van der Waals surface area contributed by atoms with Crippen LogP contribution in [-0.4, -0.2) is 93.3 Å². The third-order valence-electron chi connectivity index (χ3n) is 9.56. The van der Waals surface area contributed by atoms with Crippen molar-refractivity contribution in [3.63, 3.8) is 0 Å². The van der Waals surface area contributed by atoms with E-state index in [2.05, 4.69) is 4.74 Å². The van der Waals surface area contributed by atoms with E-state index >= 15 is 0 Å². The number of ketones is 3. The van der Waals surface area contributed by atoms with Gasteiger partial charge in [-0.2, -0.15) is 0 Å². The minimum absolute atomic E-state index is 0. The van der Waals surface area contributed by atoms with Crippen LogP contribution in [0, 0.1) is 28.6 Å². The Balaban J connectivity index is 0.00000400. The second-order valence-electron chi connectivity index (χ2n) is 11.4. The van der Waals surface area contributed by atoms with Gasteiger partial charge in [-0.25, -0.2) is 0 Å². The minimum atomic E-state index is -1.78. The van der Waals surface area contributed by atoms with Crippen molar-refractivity contribution in [2.45, 2.75) is 83.8 Å². The third kappa shape index (κ3) is 4.87. The first-order valence-electron chi connectivity index (χ1n) is 12.8. The number of carbonyl (C=O) groups excluding carboxylic acids is 6. The van der Waals surface area contributed by atoms with Crippen molar-refractivity contribution >= 4 is 64.8 Å². The molecule has 0 aromatic carbocycles. The summed E-state index contributed by atoms with van der Waals surface area (Å²) in [5.74, 6) is -4.37. The van der Waals surface area contributed by atoms with E-state index in [-0.39, 0.29) is 85.1 Å². The van der Waals surface area contributed by atoms with Crippen molar-refractivity contribution in [1.29, 1.82) is 0 Å². The predicted octanol–water partition coefficient (Wildman–Crippen LogP) is 0.733. The van der Waals surface area contributed by atoms with E-state index < -0.39 is 58.8 Å². The van der Waals surface area contributed by atoms with Gasteiger partial charge in [-0.3, -0.25) is 28.8 Å². The summed E-state index contributed by atoms with van der Waals surface area (Å²) in [5, 5.41) is 20.8. The molecule has 4 rings (SSSR count). The number of hydrogen-bond acceptors (Lipinski definition) is 10. The maximum atomic E-state index is 13.8. The number of Topliss-reactive ketones (excluding diaryl/α,β-unsaturated/α-hetero) is 2. The first-order chi connectivity index (χ1) is 17.3. The van der Waals surface area contributed by atoms with Gasteiger partial charge in [0, 0.05) is 36.5 Å².